The van der Waals surface area contributed by atoms with Crippen LogP contribution >= 0.6 is 7.82 Å². The van der Waals surface area contributed by atoms with Gasteiger partial charge in [-0.05, 0) is 50.5 Å². The molecule has 3 N–H and O–H groups in total. The van der Waals surface area contributed by atoms with E-state index in [1.807, 2.05) is 30.3 Å². The van der Waals surface area contributed by atoms with Gasteiger partial charge < -0.3 is 15.1 Å². The molecule has 0 fully saturated rings. The number of rotatable bonds is 22. The molecule has 200 valence electrons. The first-order valence-electron chi connectivity index (χ1n) is 13.6. The minimum atomic E-state index is -4.57. The zero-order valence-corrected chi connectivity index (χ0v) is 22.6. The summed E-state index contributed by atoms with van der Waals surface area (Å²) < 4.78 is 15.7. The SMILES string of the molecule is CCCCCCCCC=CCCCCCCCC(=O)N[C@H](CCc1ccccc1)COP(=O)(O)O. The summed E-state index contributed by atoms with van der Waals surface area (Å²) in [7, 11) is -4.57. The van der Waals surface area contributed by atoms with Crippen molar-refractivity contribution in [1.29, 1.82) is 0 Å². The molecule has 0 aromatic heterocycles. The molecule has 0 radical (unpaired) electrons. The highest BCUT2D eigenvalue weighted by Gasteiger charge is 2.19. The minimum absolute atomic E-state index is 0.0880. The van der Waals surface area contributed by atoms with E-state index in [1.165, 1.54) is 57.8 Å². The predicted molar refractivity (Wildman–Crippen MR) is 144 cm³/mol. The largest absolute Gasteiger partial charge is 0.469 e. The maximum atomic E-state index is 12.4. The Morgan fingerprint density at radius 1 is 0.914 bits per heavy atom. The van der Waals surface area contributed by atoms with Gasteiger partial charge in [-0.2, -0.15) is 0 Å². The second-order valence-corrected chi connectivity index (χ2v) is 10.6. The first-order chi connectivity index (χ1) is 16.9. The number of carbonyl (C=O) groups is 1. The van der Waals surface area contributed by atoms with Gasteiger partial charge in [-0.15, -0.1) is 0 Å². The quantitative estimate of drug-likeness (QED) is 0.0869. The summed E-state index contributed by atoms with van der Waals surface area (Å²) in [5.74, 6) is -0.0880. The van der Waals surface area contributed by atoms with Crippen molar-refractivity contribution in [3.8, 4) is 0 Å². The summed E-state index contributed by atoms with van der Waals surface area (Å²) in [5, 5.41) is 2.89. The Morgan fingerprint density at radius 2 is 1.49 bits per heavy atom. The van der Waals surface area contributed by atoms with Gasteiger partial charge >= 0.3 is 7.82 Å². The number of hydrogen-bond acceptors (Lipinski definition) is 3. The van der Waals surface area contributed by atoms with E-state index in [-0.39, 0.29) is 12.5 Å². The Kier molecular flexibility index (Phi) is 18.7. The number of hydrogen-bond donors (Lipinski definition) is 3. The van der Waals surface area contributed by atoms with Crippen LogP contribution in [0.3, 0.4) is 0 Å². The van der Waals surface area contributed by atoms with Crippen LogP contribution in [0, 0.1) is 0 Å². The van der Waals surface area contributed by atoms with Crippen LogP contribution in [-0.4, -0.2) is 28.3 Å². The molecule has 7 heteroatoms. The van der Waals surface area contributed by atoms with Crippen LogP contribution in [0.25, 0.3) is 0 Å². The van der Waals surface area contributed by atoms with Crippen molar-refractivity contribution < 1.29 is 23.7 Å². The average Bonchev–Trinajstić information content (AvgIpc) is 2.83. The van der Waals surface area contributed by atoms with Gasteiger partial charge in [-0.1, -0.05) is 101 Å². The van der Waals surface area contributed by atoms with Crippen molar-refractivity contribution in [2.24, 2.45) is 0 Å². The van der Waals surface area contributed by atoms with Gasteiger partial charge in [0, 0.05) is 6.42 Å². The molecule has 1 atom stereocenters. The summed E-state index contributed by atoms with van der Waals surface area (Å²) in [4.78, 5) is 30.4. The summed E-state index contributed by atoms with van der Waals surface area (Å²) in [6.07, 6.45) is 22.1. The smallest absolute Gasteiger partial charge is 0.351 e. The van der Waals surface area contributed by atoms with Crippen molar-refractivity contribution >= 4 is 13.7 Å². The third-order valence-electron chi connectivity index (χ3n) is 6.10. The zero-order valence-electron chi connectivity index (χ0n) is 21.7. The second kappa shape index (κ2) is 20.7. The van der Waals surface area contributed by atoms with E-state index in [0.29, 0.717) is 19.3 Å². The lowest BCUT2D eigenvalue weighted by atomic mass is 10.0. The molecule has 0 saturated heterocycles. The summed E-state index contributed by atoms with van der Waals surface area (Å²) >= 11 is 0. The van der Waals surface area contributed by atoms with Crippen molar-refractivity contribution in [3.63, 3.8) is 0 Å². The van der Waals surface area contributed by atoms with E-state index >= 15 is 0 Å². The molecule has 0 spiro atoms. The van der Waals surface area contributed by atoms with Gasteiger partial charge in [0.2, 0.25) is 5.91 Å². The van der Waals surface area contributed by atoms with E-state index in [0.717, 1.165) is 31.2 Å². The highest BCUT2D eigenvalue weighted by molar-refractivity contribution is 7.46. The second-order valence-electron chi connectivity index (χ2n) is 9.41. The number of unbranched alkanes of at least 4 members (excludes halogenated alkanes) is 11. The zero-order chi connectivity index (χ0) is 25.6. The molecular formula is C28H48NO5P. The molecule has 6 nitrogen and oxygen atoms in total. The number of phosphoric acid groups is 1. The van der Waals surface area contributed by atoms with Crippen LogP contribution in [0.15, 0.2) is 42.5 Å². The molecule has 1 amide bonds. The Hall–Kier alpha value is -1.46. The summed E-state index contributed by atoms with van der Waals surface area (Å²) in [6.45, 7) is 2.05. The van der Waals surface area contributed by atoms with Crippen molar-refractivity contribution in [1.82, 2.24) is 5.32 Å². The maximum Gasteiger partial charge on any atom is 0.469 e. The number of benzene rings is 1. The van der Waals surface area contributed by atoms with Gasteiger partial charge in [0.15, 0.2) is 0 Å². The third kappa shape index (κ3) is 20.4. The number of nitrogens with one attached hydrogen (secondary N) is 1. The molecule has 0 bridgehead atoms. The number of amides is 1. The fourth-order valence-corrected chi connectivity index (χ4v) is 4.40. The predicted octanol–water partition coefficient (Wildman–Crippen LogP) is 7.25. The summed E-state index contributed by atoms with van der Waals surface area (Å²) in [5.41, 5.74) is 1.11. The van der Waals surface area contributed by atoms with Crippen molar-refractivity contribution in [3.05, 3.63) is 48.0 Å². The van der Waals surface area contributed by atoms with E-state index in [2.05, 4.69) is 28.9 Å². The van der Waals surface area contributed by atoms with Crippen LogP contribution in [-0.2, 0) is 20.3 Å². The molecule has 0 aliphatic heterocycles. The lowest BCUT2D eigenvalue weighted by molar-refractivity contribution is -0.122. The van der Waals surface area contributed by atoms with Crippen molar-refractivity contribution in [2.75, 3.05) is 6.61 Å². The van der Waals surface area contributed by atoms with Crippen LogP contribution in [0.2, 0.25) is 0 Å². The molecule has 0 saturated carbocycles. The van der Waals surface area contributed by atoms with E-state index in [4.69, 9.17) is 9.79 Å². The highest BCUT2D eigenvalue weighted by atomic mass is 31.2. The highest BCUT2D eigenvalue weighted by Crippen LogP contribution is 2.35. The standard InChI is InChI=1S/C28H48NO5P/c1-2-3-4-5-6-7-8-9-10-11-12-13-14-15-19-22-28(30)29-27(25-34-35(31,32)33)24-23-26-20-17-16-18-21-26/h9-10,16-18,20-21,27H,2-8,11-15,19,22-25H2,1H3,(H,29,30)(H2,31,32,33)/t27-/m1/s1. The Morgan fingerprint density at radius 3 is 2.09 bits per heavy atom. The lowest BCUT2D eigenvalue weighted by Crippen LogP contribution is -2.38. The monoisotopic (exact) mass is 509 g/mol. The Bertz CT molecular complexity index is 719. The maximum absolute atomic E-state index is 12.4. The van der Waals surface area contributed by atoms with E-state index < -0.39 is 13.9 Å². The van der Waals surface area contributed by atoms with E-state index in [1.54, 1.807) is 0 Å². The van der Waals surface area contributed by atoms with Gasteiger partial charge in [-0.3, -0.25) is 9.32 Å². The van der Waals surface area contributed by atoms with Gasteiger partial charge in [0.05, 0.1) is 12.6 Å². The molecule has 35 heavy (non-hydrogen) atoms. The Balaban J connectivity index is 2.11. The third-order valence-corrected chi connectivity index (χ3v) is 6.58. The van der Waals surface area contributed by atoms with Gasteiger partial charge in [-0.25, -0.2) is 4.57 Å². The van der Waals surface area contributed by atoms with Crippen LogP contribution < -0.4 is 5.32 Å². The molecule has 0 aliphatic rings. The molecule has 1 aromatic carbocycles. The Labute approximate surface area is 213 Å². The van der Waals surface area contributed by atoms with E-state index in [9.17, 15) is 9.36 Å². The lowest BCUT2D eigenvalue weighted by Gasteiger charge is -2.19. The number of phosphoric ester groups is 1. The first-order valence-corrected chi connectivity index (χ1v) is 15.1. The number of allylic oxidation sites excluding steroid dienone is 2. The molecule has 0 aliphatic carbocycles. The normalized spacial score (nSPS) is 12.8. The van der Waals surface area contributed by atoms with Crippen LogP contribution in [0.1, 0.15) is 109 Å². The fourth-order valence-electron chi connectivity index (χ4n) is 4.03. The molecule has 0 unspecified atom stereocenters. The average molecular weight is 510 g/mol. The van der Waals surface area contributed by atoms with Crippen LogP contribution in [0.4, 0.5) is 0 Å². The summed E-state index contributed by atoms with van der Waals surface area (Å²) in [6, 6.07) is 9.39. The van der Waals surface area contributed by atoms with Gasteiger partial charge in [0.1, 0.15) is 0 Å². The number of carbonyl (C=O) groups excluding carboxylic acids is 1. The molecule has 1 aromatic rings. The first kappa shape index (κ1) is 31.6. The molecule has 0 heterocycles. The topological polar surface area (TPSA) is 95.9 Å². The fraction of sp³-hybridized carbons (Fsp3) is 0.679. The van der Waals surface area contributed by atoms with Gasteiger partial charge in [0.25, 0.3) is 0 Å². The molecule has 1 rings (SSSR count). The van der Waals surface area contributed by atoms with Crippen LogP contribution in [0.5, 0.6) is 0 Å². The minimum Gasteiger partial charge on any atom is -0.351 e. The van der Waals surface area contributed by atoms with Crippen molar-refractivity contribution in [2.45, 2.75) is 116 Å². The molecular weight excluding hydrogens is 461 g/mol. The number of aryl methyl sites for hydroxylation is 1.